The van der Waals surface area contributed by atoms with Crippen LogP contribution in [0.15, 0.2) is 24.3 Å². The molecule has 0 bridgehead atoms. The summed E-state index contributed by atoms with van der Waals surface area (Å²) >= 11 is 0. The number of aryl methyl sites for hydroxylation is 1. The van der Waals surface area contributed by atoms with E-state index in [-0.39, 0.29) is 0 Å². The van der Waals surface area contributed by atoms with Crippen molar-refractivity contribution in [2.24, 2.45) is 11.7 Å². The molecule has 106 valence electrons. The molecule has 0 aliphatic carbocycles. The number of benzene rings is 1. The maximum atomic E-state index is 5.84. The Bertz CT molecular complexity index is 361. The number of piperidine rings is 1. The van der Waals surface area contributed by atoms with Gasteiger partial charge in [0.05, 0.1) is 0 Å². The third-order valence-electron chi connectivity index (χ3n) is 4.26. The summed E-state index contributed by atoms with van der Waals surface area (Å²) in [5.74, 6) is 0.903. The van der Waals surface area contributed by atoms with Crippen molar-refractivity contribution in [2.75, 3.05) is 13.1 Å². The highest BCUT2D eigenvalue weighted by atomic mass is 15.1. The largest absolute Gasteiger partial charge is 0.328 e. The molecule has 1 saturated heterocycles. The fourth-order valence-electron chi connectivity index (χ4n) is 2.88. The van der Waals surface area contributed by atoms with Crippen molar-refractivity contribution < 1.29 is 0 Å². The Balaban J connectivity index is 1.72. The molecule has 2 N–H and O–H groups in total. The smallest absolute Gasteiger partial charge is 0.0233 e. The summed E-state index contributed by atoms with van der Waals surface area (Å²) < 4.78 is 0. The highest BCUT2D eigenvalue weighted by Crippen LogP contribution is 2.23. The normalized spacial score (nSPS) is 19.5. The number of nitrogens with two attached hydrogens (primary N) is 1. The molecular formula is C17H28N2. The predicted molar refractivity (Wildman–Crippen MR) is 82.1 cm³/mol. The molecule has 1 fully saturated rings. The van der Waals surface area contributed by atoms with Crippen LogP contribution in [0.3, 0.4) is 0 Å². The summed E-state index contributed by atoms with van der Waals surface area (Å²) in [5, 5.41) is 0. The van der Waals surface area contributed by atoms with Gasteiger partial charge in [0.2, 0.25) is 0 Å². The van der Waals surface area contributed by atoms with Crippen LogP contribution in [0, 0.1) is 12.8 Å². The molecule has 1 aromatic carbocycles. The number of likely N-dealkylation sites (tertiary alicyclic amines) is 1. The van der Waals surface area contributed by atoms with Gasteiger partial charge in [0.15, 0.2) is 0 Å². The lowest BCUT2D eigenvalue weighted by Crippen LogP contribution is -2.33. The molecule has 0 spiro atoms. The van der Waals surface area contributed by atoms with E-state index in [4.69, 9.17) is 5.73 Å². The first-order valence-corrected chi connectivity index (χ1v) is 7.67. The van der Waals surface area contributed by atoms with Crippen LogP contribution in [-0.2, 0) is 6.54 Å². The quantitative estimate of drug-likeness (QED) is 0.880. The summed E-state index contributed by atoms with van der Waals surface area (Å²) in [6, 6.07) is 9.32. The van der Waals surface area contributed by atoms with Gasteiger partial charge in [-0.25, -0.2) is 0 Å². The van der Waals surface area contributed by atoms with Gasteiger partial charge in [-0.05, 0) is 64.1 Å². The van der Waals surface area contributed by atoms with E-state index in [1.54, 1.807) is 0 Å². The summed E-state index contributed by atoms with van der Waals surface area (Å²) in [6.45, 7) is 7.87. The number of nitrogens with zero attached hydrogens (tertiary/aromatic N) is 1. The zero-order valence-electron chi connectivity index (χ0n) is 12.4. The average Bonchev–Trinajstić information content (AvgIpc) is 2.40. The van der Waals surface area contributed by atoms with Gasteiger partial charge < -0.3 is 5.73 Å². The van der Waals surface area contributed by atoms with E-state index in [2.05, 4.69) is 43.0 Å². The first-order valence-electron chi connectivity index (χ1n) is 7.67. The fourth-order valence-corrected chi connectivity index (χ4v) is 2.88. The second kappa shape index (κ2) is 7.06. The molecule has 1 aromatic rings. The molecule has 2 rings (SSSR count). The molecule has 0 saturated carbocycles. The van der Waals surface area contributed by atoms with Crippen molar-refractivity contribution in [1.29, 1.82) is 0 Å². The van der Waals surface area contributed by atoms with E-state index in [1.165, 1.54) is 49.9 Å². The summed E-state index contributed by atoms with van der Waals surface area (Å²) in [6.07, 6.45) is 5.19. The Morgan fingerprint density at radius 1 is 1.21 bits per heavy atom. The minimum Gasteiger partial charge on any atom is -0.328 e. The Labute approximate surface area is 118 Å². The van der Waals surface area contributed by atoms with Gasteiger partial charge in [0.1, 0.15) is 0 Å². The van der Waals surface area contributed by atoms with Crippen molar-refractivity contribution in [3.63, 3.8) is 0 Å². The van der Waals surface area contributed by atoms with Gasteiger partial charge in [-0.2, -0.15) is 0 Å². The second-order valence-electron chi connectivity index (χ2n) is 6.26. The highest BCUT2D eigenvalue weighted by Gasteiger charge is 2.19. The van der Waals surface area contributed by atoms with Gasteiger partial charge >= 0.3 is 0 Å². The topological polar surface area (TPSA) is 29.3 Å². The molecule has 1 atom stereocenters. The summed E-state index contributed by atoms with van der Waals surface area (Å²) in [5.41, 5.74) is 8.63. The molecule has 0 aromatic heterocycles. The van der Waals surface area contributed by atoms with E-state index in [9.17, 15) is 0 Å². The number of rotatable bonds is 5. The van der Waals surface area contributed by atoms with Gasteiger partial charge in [-0.3, -0.25) is 4.90 Å². The van der Waals surface area contributed by atoms with Gasteiger partial charge in [-0.15, -0.1) is 0 Å². The molecule has 1 aliphatic rings. The zero-order valence-corrected chi connectivity index (χ0v) is 12.4. The van der Waals surface area contributed by atoms with Crippen LogP contribution in [0.5, 0.6) is 0 Å². The van der Waals surface area contributed by atoms with Crippen LogP contribution >= 0.6 is 0 Å². The third-order valence-corrected chi connectivity index (χ3v) is 4.26. The van der Waals surface area contributed by atoms with Crippen molar-refractivity contribution in [1.82, 2.24) is 4.90 Å². The number of hydrogen-bond acceptors (Lipinski definition) is 2. The first kappa shape index (κ1) is 14.5. The van der Waals surface area contributed by atoms with Crippen molar-refractivity contribution in [3.8, 4) is 0 Å². The molecule has 1 aliphatic heterocycles. The maximum Gasteiger partial charge on any atom is 0.0233 e. The van der Waals surface area contributed by atoms with Crippen LogP contribution in [0.2, 0.25) is 0 Å². The molecule has 1 heterocycles. The van der Waals surface area contributed by atoms with Crippen molar-refractivity contribution >= 4 is 0 Å². The predicted octanol–water partition coefficient (Wildman–Crippen LogP) is 3.33. The Morgan fingerprint density at radius 2 is 1.84 bits per heavy atom. The molecule has 0 radical (unpaired) electrons. The lowest BCUT2D eigenvalue weighted by atomic mass is 9.91. The first-order chi connectivity index (χ1) is 9.13. The van der Waals surface area contributed by atoms with E-state index in [0.717, 1.165) is 12.5 Å². The summed E-state index contributed by atoms with van der Waals surface area (Å²) in [4.78, 5) is 2.59. The molecular weight excluding hydrogens is 232 g/mol. The minimum absolute atomic E-state index is 0.366. The van der Waals surface area contributed by atoms with Gasteiger partial charge in [-0.1, -0.05) is 29.8 Å². The molecule has 2 heteroatoms. The van der Waals surface area contributed by atoms with E-state index in [1.807, 2.05) is 0 Å². The Hall–Kier alpha value is -0.860. The van der Waals surface area contributed by atoms with Crippen LogP contribution in [0.1, 0.15) is 43.7 Å². The van der Waals surface area contributed by atoms with E-state index < -0.39 is 0 Å². The molecule has 2 nitrogen and oxygen atoms in total. The number of hydrogen-bond donors (Lipinski definition) is 1. The van der Waals surface area contributed by atoms with Crippen molar-refractivity contribution in [2.45, 2.75) is 52.1 Å². The third kappa shape index (κ3) is 4.96. The van der Waals surface area contributed by atoms with Crippen LogP contribution in [0.25, 0.3) is 0 Å². The average molecular weight is 260 g/mol. The van der Waals surface area contributed by atoms with Crippen LogP contribution in [-0.4, -0.2) is 24.0 Å². The fraction of sp³-hybridized carbons (Fsp3) is 0.647. The Kier molecular flexibility index (Phi) is 5.41. The maximum absolute atomic E-state index is 5.84. The van der Waals surface area contributed by atoms with Crippen LogP contribution in [0.4, 0.5) is 0 Å². The minimum atomic E-state index is 0.366. The monoisotopic (exact) mass is 260 g/mol. The Morgan fingerprint density at radius 3 is 2.42 bits per heavy atom. The highest BCUT2D eigenvalue weighted by molar-refractivity contribution is 5.21. The van der Waals surface area contributed by atoms with Gasteiger partial charge in [0.25, 0.3) is 0 Å². The van der Waals surface area contributed by atoms with E-state index in [0.29, 0.717) is 6.04 Å². The zero-order chi connectivity index (χ0) is 13.7. The lowest BCUT2D eigenvalue weighted by Gasteiger charge is -2.32. The SMILES string of the molecule is Cc1ccc(CN2CCC(CCC(C)N)CC2)cc1. The second-order valence-corrected chi connectivity index (χ2v) is 6.26. The van der Waals surface area contributed by atoms with Gasteiger partial charge in [0, 0.05) is 12.6 Å². The van der Waals surface area contributed by atoms with Crippen LogP contribution < -0.4 is 5.73 Å². The summed E-state index contributed by atoms with van der Waals surface area (Å²) in [7, 11) is 0. The standard InChI is InChI=1S/C17H28N2/c1-14-3-6-17(7-4-14)13-19-11-9-16(10-12-19)8-5-15(2)18/h3-4,6-7,15-16H,5,8-13,18H2,1-2H3. The lowest BCUT2D eigenvalue weighted by molar-refractivity contribution is 0.170. The molecule has 19 heavy (non-hydrogen) atoms. The molecule has 0 amide bonds. The molecule has 1 unspecified atom stereocenters. The van der Waals surface area contributed by atoms with Crippen molar-refractivity contribution in [3.05, 3.63) is 35.4 Å². The van der Waals surface area contributed by atoms with E-state index >= 15 is 0 Å².